The van der Waals surface area contributed by atoms with Crippen molar-refractivity contribution in [3.8, 4) is 0 Å². The molecular formula is C13H22N2O4. The van der Waals surface area contributed by atoms with Gasteiger partial charge in [-0.2, -0.15) is 0 Å². The lowest BCUT2D eigenvalue weighted by molar-refractivity contribution is -0.141. The molecule has 2 atom stereocenters. The summed E-state index contributed by atoms with van der Waals surface area (Å²) in [4.78, 5) is 26.8. The molecule has 1 N–H and O–H groups in total. The number of aliphatic carboxylic acids is 1. The normalized spacial score (nSPS) is 28.3. The summed E-state index contributed by atoms with van der Waals surface area (Å²) in [7, 11) is 0. The average Bonchev–Trinajstić information content (AvgIpc) is 2.38. The van der Waals surface area contributed by atoms with Gasteiger partial charge in [0.15, 0.2) is 0 Å². The zero-order chi connectivity index (χ0) is 13.8. The summed E-state index contributed by atoms with van der Waals surface area (Å²) in [6, 6.07) is 0.313. The summed E-state index contributed by atoms with van der Waals surface area (Å²) in [6.07, 6.45) is 2.86. The number of amides is 2. The second-order valence-corrected chi connectivity index (χ2v) is 5.36. The highest BCUT2D eigenvalue weighted by atomic mass is 16.5. The van der Waals surface area contributed by atoms with E-state index in [1.165, 1.54) is 6.42 Å². The van der Waals surface area contributed by atoms with Crippen LogP contribution in [0, 0.1) is 0 Å². The molecule has 6 nitrogen and oxygen atoms in total. The predicted octanol–water partition coefficient (Wildman–Crippen LogP) is 1.16. The fourth-order valence-corrected chi connectivity index (χ4v) is 2.78. The molecule has 0 saturated carbocycles. The molecule has 108 valence electrons. The summed E-state index contributed by atoms with van der Waals surface area (Å²) in [6.45, 7) is 4.24. The van der Waals surface area contributed by atoms with Crippen LogP contribution in [0.3, 0.4) is 0 Å². The minimum absolute atomic E-state index is 0.0332. The van der Waals surface area contributed by atoms with E-state index in [9.17, 15) is 9.59 Å². The van der Waals surface area contributed by atoms with Crippen LogP contribution in [-0.2, 0) is 9.53 Å². The standard InChI is InChI=1S/C13H22N2O4/c1-10-4-2-3-5-15(10)13(18)14-6-7-19-11(9-14)8-12(16)17/h10-11H,2-9H2,1H3,(H,16,17). The lowest BCUT2D eigenvalue weighted by Gasteiger charge is -2.40. The van der Waals surface area contributed by atoms with Gasteiger partial charge < -0.3 is 19.6 Å². The Labute approximate surface area is 113 Å². The third-order valence-corrected chi connectivity index (χ3v) is 3.86. The van der Waals surface area contributed by atoms with Crippen LogP contribution in [0.1, 0.15) is 32.6 Å². The molecule has 0 bridgehead atoms. The highest BCUT2D eigenvalue weighted by Gasteiger charge is 2.31. The van der Waals surface area contributed by atoms with Crippen molar-refractivity contribution in [3.05, 3.63) is 0 Å². The van der Waals surface area contributed by atoms with Gasteiger partial charge in [-0.25, -0.2) is 4.79 Å². The van der Waals surface area contributed by atoms with Gasteiger partial charge in [-0.3, -0.25) is 4.79 Å². The maximum atomic E-state index is 12.4. The molecule has 0 spiro atoms. The molecule has 0 radical (unpaired) electrons. The molecule has 2 rings (SSSR count). The van der Waals surface area contributed by atoms with Gasteiger partial charge in [-0.1, -0.05) is 0 Å². The molecule has 2 amide bonds. The first-order valence-corrected chi connectivity index (χ1v) is 6.97. The molecular weight excluding hydrogens is 248 g/mol. The molecule has 2 fully saturated rings. The zero-order valence-corrected chi connectivity index (χ0v) is 11.4. The van der Waals surface area contributed by atoms with Gasteiger partial charge in [0.1, 0.15) is 0 Å². The number of piperidine rings is 1. The fourth-order valence-electron chi connectivity index (χ4n) is 2.78. The van der Waals surface area contributed by atoms with E-state index in [2.05, 4.69) is 6.92 Å². The molecule has 2 saturated heterocycles. The Morgan fingerprint density at radius 3 is 2.79 bits per heavy atom. The molecule has 2 aliphatic heterocycles. The van der Waals surface area contributed by atoms with Crippen molar-refractivity contribution in [2.75, 3.05) is 26.2 Å². The van der Waals surface area contributed by atoms with Crippen LogP contribution in [0.4, 0.5) is 4.79 Å². The molecule has 2 aliphatic rings. The van der Waals surface area contributed by atoms with Crippen molar-refractivity contribution in [3.63, 3.8) is 0 Å². The van der Waals surface area contributed by atoms with E-state index >= 15 is 0 Å². The monoisotopic (exact) mass is 270 g/mol. The number of carbonyl (C=O) groups excluding carboxylic acids is 1. The van der Waals surface area contributed by atoms with Gasteiger partial charge in [-0.05, 0) is 26.2 Å². The van der Waals surface area contributed by atoms with Crippen LogP contribution < -0.4 is 0 Å². The lowest BCUT2D eigenvalue weighted by Crippen LogP contribution is -2.54. The number of hydrogen-bond acceptors (Lipinski definition) is 3. The maximum Gasteiger partial charge on any atom is 0.320 e. The second kappa shape index (κ2) is 6.23. The van der Waals surface area contributed by atoms with Crippen LogP contribution in [0.2, 0.25) is 0 Å². The van der Waals surface area contributed by atoms with E-state index in [-0.39, 0.29) is 24.6 Å². The van der Waals surface area contributed by atoms with Crippen molar-refractivity contribution < 1.29 is 19.4 Å². The Bertz CT molecular complexity index is 348. The van der Waals surface area contributed by atoms with Gasteiger partial charge >= 0.3 is 12.0 Å². The molecule has 0 aromatic heterocycles. The van der Waals surface area contributed by atoms with Gasteiger partial charge in [-0.15, -0.1) is 0 Å². The number of carbonyl (C=O) groups is 2. The lowest BCUT2D eigenvalue weighted by atomic mass is 10.0. The quantitative estimate of drug-likeness (QED) is 0.817. The second-order valence-electron chi connectivity index (χ2n) is 5.36. The maximum absolute atomic E-state index is 12.4. The van der Waals surface area contributed by atoms with Crippen molar-refractivity contribution in [1.82, 2.24) is 9.80 Å². The molecule has 2 unspecified atom stereocenters. The summed E-state index contributed by atoms with van der Waals surface area (Å²) in [5.74, 6) is -0.884. The largest absolute Gasteiger partial charge is 0.481 e. The van der Waals surface area contributed by atoms with Crippen LogP contribution >= 0.6 is 0 Å². The number of carboxylic acid groups (broad SMARTS) is 1. The smallest absolute Gasteiger partial charge is 0.320 e. The Morgan fingerprint density at radius 1 is 1.32 bits per heavy atom. The third-order valence-electron chi connectivity index (χ3n) is 3.86. The topological polar surface area (TPSA) is 70.1 Å². The molecule has 2 heterocycles. The first kappa shape index (κ1) is 14.1. The highest BCUT2D eigenvalue weighted by Crippen LogP contribution is 2.19. The van der Waals surface area contributed by atoms with E-state index in [0.717, 1.165) is 19.4 Å². The average molecular weight is 270 g/mol. The number of ether oxygens (including phenoxy) is 1. The number of morpholine rings is 1. The molecule has 0 aliphatic carbocycles. The van der Waals surface area contributed by atoms with E-state index in [0.29, 0.717) is 19.7 Å². The SMILES string of the molecule is CC1CCCCN1C(=O)N1CCOC(CC(=O)O)C1. The number of nitrogens with zero attached hydrogens (tertiary/aromatic N) is 2. The van der Waals surface area contributed by atoms with Gasteiger partial charge in [0.2, 0.25) is 0 Å². The van der Waals surface area contributed by atoms with Crippen molar-refractivity contribution in [1.29, 1.82) is 0 Å². The minimum atomic E-state index is -0.884. The minimum Gasteiger partial charge on any atom is -0.481 e. The molecule has 19 heavy (non-hydrogen) atoms. The summed E-state index contributed by atoms with van der Waals surface area (Å²) < 4.78 is 5.39. The summed E-state index contributed by atoms with van der Waals surface area (Å²) in [5, 5.41) is 8.79. The van der Waals surface area contributed by atoms with E-state index in [1.54, 1.807) is 4.90 Å². The van der Waals surface area contributed by atoms with Crippen molar-refractivity contribution in [2.24, 2.45) is 0 Å². The van der Waals surface area contributed by atoms with E-state index in [1.807, 2.05) is 4.90 Å². The summed E-state index contributed by atoms with van der Waals surface area (Å²) >= 11 is 0. The number of carboxylic acids is 1. The molecule has 0 aromatic carbocycles. The Kier molecular flexibility index (Phi) is 4.63. The number of rotatable bonds is 2. The highest BCUT2D eigenvalue weighted by molar-refractivity contribution is 5.75. The Morgan fingerprint density at radius 2 is 2.11 bits per heavy atom. The molecule has 0 aromatic rings. The number of likely N-dealkylation sites (tertiary alicyclic amines) is 1. The van der Waals surface area contributed by atoms with E-state index in [4.69, 9.17) is 9.84 Å². The van der Waals surface area contributed by atoms with Gasteiger partial charge in [0.25, 0.3) is 0 Å². The summed E-state index contributed by atoms with van der Waals surface area (Å²) in [5.41, 5.74) is 0. The van der Waals surface area contributed by atoms with Crippen molar-refractivity contribution >= 4 is 12.0 Å². The van der Waals surface area contributed by atoms with Crippen LogP contribution in [0.25, 0.3) is 0 Å². The van der Waals surface area contributed by atoms with Crippen molar-refractivity contribution in [2.45, 2.75) is 44.8 Å². The van der Waals surface area contributed by atoms with Gasteiger partial charge in [0.05, 0.1) is 19.1 Å². The van der Waals surface area contributed by atoms with Crippen LogP contribution in [0.5, 0.6) is 0 Å². The first-order valence-electron chi connectivity index (χ1n) is 6.97. The first-order chi connectivity index (χ1) is 9.08. The Hall–Kier alpha value is -1.30. The zero-order valence-electron chi connectivity index (χ0n) is 11.4. The fraction of sp³-hybridized carbons (Fsp3) is 0.846. The number of urea groups is 1. The predicted molar refractivity (Wildman–Crippen MR) is 69.0 cm³/mol. The molecule has 6 heteroatoms. The van der Waals surface area contributed by atoms with Gasteiger partial charge in [0, 0.05) is 25.7 Å². The van der Waals surface area contributed by atoms with Crippen LogP contribution in [-0.4, -0.2) is 65.3 Å². The third kappa shape index (κ3) is 3.59. The van der Waals surface area contributed by atoms with Crippen LogP contribution in [0.15, 0.2) is 0 Å². The Balaban J connectivity index is 1.92. The number of hydrogen-bond donors (Lipinski definition) is 1. The van der Waals surface area contributed by atoms with E-state index < -0.39 is 5.97 Å².